The van der Waals surface area contributed by atoms with Crippen molar-refractivity contribution in [3.8, 4) is 11.3 Å². The molecule has 1 aromatic heterocycles. The topological polar surface area (TPSA) is 38.7 Å². The number of benzene rings is 1. The highest BCUT2D eigenvalue weighted by Crippen LogP contribution is 2.32. The second-order valence-electron chi connectivity index (χ2n) is 4.23. The highest BCUT2D eigenvalue weighted by Gasteiger charge is 2.15. The van der Waals surface area contributed by atoms with Gasteiger partial charge in [0.25, 0.3) is 0 Å². The van der Waals surface area contributed by atoms with Gasteiger partial charge in [-0.2, -0.15) is 0 Å². The average Bonchev–Trinajstić information content (AvgIpc) is 2.29. The molecule has 1 heterocycles. The van der Waals surface area contributed by atoms with Crippen molar-refractivity contribution in [1.82, 2.24) is 15.2 Å². The van der Waals surface area contributed by atoms with Crippen molar-refractivity contribution in [1.29, 1.82) is 0 Å². The van der Waals surface area contributed by atoms with Gasteiger partial charge < -0.3 is 0 Å². The number of halogens is 1. The van der Waals surface area contributed by atoms with Gasteiger partial charge in [-0.05, 0) is 49.9 Å². The molecule has 0 bridgehead atoms. The normalized spacial score (nSPS) is 10.6. The monoisotopic (exact) mass is 247 g/mol. The van der Waals surface area contributed by atoms with Gasteiger partial charge in [0.05, 0.1) is 0 Å². The quantitative estimate of drug-likeness (QED) is 0.775. The van der Waals surface area contributed by atoms with E-state index in [0.717, 1.165) is 5.56 Å². The summed E-state index contributed by atoms with van der Waals surface area (Å²) >= 11 is 6.09. The third kappa shape index (κ3) is 2.03. The summed E-state index contributed by atoms with van der Waals surface area (Å²) in [6, 6.07) is 2.17. The predicted molar refractivity (Wildman–Crippen MR) is 69.2 cm³/mol. The molecule has 0 aliphatic heterocycles. The number of nitrogens with zero attached hydrogens (tertiary/aromatic N) is 3. The molecule has 0 aliphatic rings. The van der Waals surface area contributed by atoms with E-state index >= 15 is 0 Å². The summed E-state index contributed by atoms with van der Waals surface area (Å²) in [6.07, 6.45) is 1.36. The Balaban J connectivity index is 2.80. The van der Waals surface area contributed by atoms with E-state index in [2.05, 4.69) is 48.9 Å². The number of aryl methyl sites for hydroxylation is 2. The first-order valence-electron chi connectivity index (χ1n) is 5.43. The predicted octanol–water partition coefficient (Wildman–Crippen LogP) is 3.43. The minimum atomic E-state index is 0.399. The lowest BCUT2D eigenvalue weighted by atomic mass is 9.92. The van der Waals surface area contributed by atoms with Crippen molar-refractivity contribution in [2.45, 2.75) is 27.7 Å². The highest BCUT2D eigenvalue weighted by molar-refractivity contribution is 6.31. The Morgan fingerprint density at radius 2 is 1.59 bits per heavy atom. The first-order valence-corrected chi connectivity index (χ1v) is 5.81. The molecule has 2 aromatic rings. The molecule has 1 aromatic carbocycles. The summed E-state index contributed by atoms with van der Waals surface area (Å²) in [6.45, 7) is 8.32. The van der Waals surface area contributed by atoms with E-state index in [4.69, 9.17) is 11.6 Å². The molecule has 0 amide bonds. The second kappa shape index (κ2) is 4.41. The van der Waals surface area contributed by atoms with Crippen LogP contribution < -0.4 is 0 Å². The average molecular weight is 248 g/mol. The fourth-order valence-electron chi connectivity index (χ4n) is 1.99. The zero-order valence-corrected chi connectivity index (χ0v) is 11.1. The molecule has 0 atom stereocenters. The van der Waals surface area contributed by atoms with E-state index < -0.39 is 0 Å². The molecule has 3 nitrogen and oxygen atoms in total. The van der Waals surface area contributed by atoms with Gasteiger partial charge in [-0.1, -0.05) is 17.7 Å². The fourth-order valence-corrected chi connectivity index (χ4v) is 2.16. The Morgan fingerprint density at radius 3 is 2.12 bits per heavy atom. The molecule has 0 unspecified atom stereocenters. The van der Waals surface area contributed by atoms with E-state index in [1.165, 1.54) is 28.6 Å². The van der Waals surface area contributed by atoms with Crippen LogP contribution in [-0.2, 0) is 0 Å². The van der Waals surface area contributed by atoms with Gasteiger partial charge in [-0.3, -0.25) is 0 Å². The second-order valence-corrected chi connectivity index (χ2v) is 4.59. The Labute approximate surface area is 106 Å². The molecule has 17 heavy (non-hydrogen) atoms. The van der Waals surface area contributed by atoms with Crippen LogP contribution in [0.25, 0.3) is 11.3 Å². The zero-order valence-electron chi connectivity index (χ0n) is 10.4. The summed E-state index contributed by atoms with van der Waals surface area (Å²) in [7, 11) is 0. The van der Waals surface area contributed by atoms with Crippen molar-refractivity contribution in [3.63, 3.8) is 0 Å². The smallest absolute Gasteiger partial charge is 0.159 e. The van der Waals surface area contributed by atoms with Crippen LogP contribution in [0, 0.1) is 27.7 Å². The molecular weight excluding hydrogens is 234 g/mol. The molecule has 2 rings (SSSR count). The summed E-state index contributed by atoms with van der Waals surface area (Å²) in [4.78, 5) is 3.99. The van der Waals surface area contributed by atoms with Crippen molar-refractivity contribution in [2.24, 2.45) is 0 Å². The molecule has 0 fully saturated rings. The summed E-state index contributed by atoms with van der Waals surface area (Å²) in [5.74, 6) is 0. The van der Waals surface area contributed by atoms with Crippen molar-refractivity contribution in [2.75, 3.05) is 0 Å². The third-order valence-electron chi connectivity index (χ3n) is 3.18. The minimum absolute atomic E-state index is 0.399. The van der Waals surface area contributed by atoms with E-state index in [1.54, 1.807) is 0 Å². The van der Waals surface area contributed by atoms with Crippen molar-refractivity contribution >= 4 is 11.6 Å². The third-order valence-corrected chi connectivity index (χ3v) is 3.46. The molecule has 88 valence electrons. The molecule has 0 spiro atoms. The van der Waals surface area contributed by atoms with Crippen LogP contribution in [0.5, 0.6) is 0 Å². The molecule has 0 N–H and O–H groups in total. The summed E-state index contributed by atoms with van der Waals surface area (Å²) in [5.41, 5.74) is 6.52. The van der Waals surface area contributed by atoms with Crippen LogP contribution in [0.4, 0.5) is 0 Å². The van der Waals surface area contributed by atoms with Gasteiger partial charge >= 0.3 is 0 Å². The maximum Gasteiger partial charge on any atom is 0.159 e. The Kier molecular flexibility index (Phi) is 3.11. The van der Waals surface area contributed by atoms with Gasteiger partial charge in [0.1, 0.15) is 12.0 Å². The van der Waals surface area contributed by atoms with E-state index in [-0.39, 0.29) is 0 Å². The largest absolute Gasteiger partial charge is 0.220 e. The number of rotatable bonds is 1. The standard InChI is InChI=1S/C13H14ClN3/c1-7-5-8(2)10(4)11(9(7)3)12-13(14)15-6-16-17-12/h5-6H,1-4H3. The lowest BCUT2D eigenvalue weighted by molar-refractivity contribution is 0.972. The van der Waals surface area contributed by atoms with E-state index in [0.29, 0.717) is 10.8 Å². The first kappa shape index (κ1) is 12.0. The molecule has 0 saturated heterocycles. The Bertz CT molecular complexity index is 553. The molecular formula is C13H14ClN3. The number of aromatic nitrogens is 3. The van der Waals surface area contributed by atoms with E-state index in [9.17, 15) is 0 Å². The Morgan fingerprint density at radius 1 is 1.00 bits per heavy atom. The fraction of sp³-hybridized carbons (Fsp3) is 0.308. The number of hydrogen-bond donors (Lipinski definition) is 0. The lowest BCUT2D eigenvalue weighted by Crippen LogP contribution is -1.99. The van der Waals surface area contributed by atoms with Crippen molar-refractivity contribution < 1.29 is 0 Å². The van der Waals surface area contributed by atoms with Gasteiger partial charge in [0.2, 0.25) is 0 Å². The molecule has 0 radical (unpaired) electrons. The van der Waals surface area contributed by atoms with Crippen LogP contribution in [-0.4, -0.2) is 15.2 Å². The SMILES string of the molecule is Cc1cc(C)c(C)c(-c2nncnc2Cl)c1C. The number of hydrogen-bond acceptors (Lipinski definition) is 3. The maximum absolute atomic E-state index is 6.09. The minimum Gasteiger partial charge on any atom is -0.220 e. The molecule has 0 saturated carbocycles. The van der Waals surface area contributed by atoms with Gasteiger partial charge in [0, 0.05) is 5.56 Å². The van der Waals surface area contributed by atoms with Crippen LogP contribution >= 0.6 is 11.6 Å². The van der Waals surface area contributed by atoms with Crippen LogP contribution in [0.3, 0.4) is 0 Å². The highest BCUT2D eigenvalue weighted by atomic mass is 35.5. The van der Waals surface area contributed by atoms with Gasteiger partial charge in [-0.15, -0.1) is 10.2 Å². The maximum atomic E-state index is 6.09. The van der Waals surface area contributed by atoms with Gasteiger partial charge in [0.15, 0.2) is 5.15 Å². The van der Waals surface area contributed by atoms with E-state index in [1.807, 2.05) is 0 Å². The lowest BCUT2D eigenvalue weighted by Gasteiger charge is -2.14. The van der Waals surface area contributed by atoms with Gasteiger partial charge in [-0.25, -0.2) is 4.98 Å². The first-order chi connectivity index (χ1) is 8.02. The zero-order chi connectivity index (χ0) is 12.6. The van der Waals surface area contributed by atoms with Crippen LogP contribution in [0.15, 0.2) is 12.4 Å². The summed E-state index contributed by atoms with van der Waals surface area (Å²) in [5, 5.41) is 8.33. The molecule has 0 aliphatic carbocycles. The van der Waals surface area contributed by atoms with Crippen LogP contribution in [0.1, 0.15) is 22.3 Å². The Hall–Kier alpha value is -1.48. The van der Waals surface area contributed by atoms with Crippen molar-refractivity contribution in [3.05, 3.63) is 39.8 Å². The summed E-state index contributed by atoms with van der Waals surface area (Å²) < 4.78 is 0. The molecule has 4 heteroatoms. The van der Waals surface area contributed by atoms with Crippen LogP contribution in [0.2, 0.25) is 5.15 Å².